The van der Waals surface area contributed by atoms with E-state index in [2.05, 4.69) is 0 Å². The van der Waals surface area contributed by atoms with Gasteiger partial charge in [-0.2, -0.15) is 0 Å². The van der Waals surface area contributed by atoms with E-state index in [-0.39, 0.29) is 30.8 Å². The maximum Gasteiger partial charge on any atom is 0.167 e. The van der Waals surface area contributed by atoms with Crippen LogP contribution in [0.2, 0.25) is 0 Å². The Morgan fingerprint density at radius 1 is 0.957 bits per heavy atom. The van der Waals surface area contributed by atoms with Crippen LogP contribution in [0.25, 0.3) is 0 Å². The highest BCUT2D eigenvalue weighted by Gasteiger charge is 2.41. The fourth-order valence-corrected chi connectivity index (χ4v) is 8.95. The molecule has 0 unspecified atom stereocenters. The van der Waals surface area contributed by atoms with E-state index in [0.29, 0.717) is 5.92 Å². The molecule has 0 aromatic rings. The van der Waals surface area contributed by atoms with Gasteiger partial charge < -0.3 is 10.8 Å². The molecule has 6 nitrogen and oxygen atoms in total. The lowest BCUT2D eigenvalue weighted by Crippen LogP contribution is -2.42. The van der Waals surface area contributed by atoms with Crippen molar-refractivity contribution >= 4 is 19.7 Å². The molecule has 0 amide bonds. The summed E-state index contributed by atoms with van der Waals surface area (Å²) in [6, 6.07) is -0.410. The molecule has 0 aromatic carbocycles. The molecular weight excluding hydrogens is 338 g/mol. The van der Waals surface area contributed by atoms with Crippen molar-refractivity contribution < 1.29 is 21.9 Å². The van der Waals surface area contributed by atoms with E-state index in [4.69, 9.17) is 5.73 Å². The maximum absolute atomic E-state index is 12.0. The minimum Gasteiger partial charge on any atom is -0.392 e. The molecule has 0 spiro atoms. The molecule has 1 aliphatic heterocycles. The second-order valence-corrected chi connectivity index (χ2v) is 12.0. The second-order valence-electron chi connectivity index (χ2n) is 7.07. The van der Waals surface area contributed by atoms with Crippen molar-refractivity contribution in [2.75, 3.05) is 11.5 Å². The van der Waals surface area contributed by atoms with Gasteiger partial charge in [-0.05, 0) is 31.6 Å². The Labute approximate surface area is 139 Å². The molecule has 1 saturated heterocycles. The zero-order valence-electron chi connectivity index (χ0n) is 13.6. The Morgan fingerprint density at radius 3 is 2.09 bits per heavy atom. The highest BCUT2D eigenvalue weighted by molar-refractivity contribution is 8.09. The lowest BCUT2D eigenvalue weighted by Gasteiger charge is -2.28. The summed E-state index contributed by atoms with van der Waals surface area (Å²) >= 11 is 0. The molecule has 1 saturated carbocycles. The third-order valence-corrected chi connectivity index (χ3v) is 10.7. The van der Waals surface area contributed by atoms with Crippen LogP contribution in [0, 0.1) is 5.92 Å². The molecule has 136 valence electrons. The predicted molar refractivity (Wildman–Crippen MR) is 90.4 cm³/mol. The Bertz CT molecular complexity index is 547. The van der Waals surface area contributed by atoms with Crippen molar-refractivity contribution in [1.82, 2.24) is 0 Å². The van der Waals surface area contributed by atoms with Gasteiger partial charge in [0.25, 0.3) is 0 Å². The summed E-state index contributed by atoms with van der Waals surface area (Å²) in [4.78, 5) is 0. The van der Waals surface area contributed by atoms with E-state index in [9.17, 15) is 21.9 Å². The highest BCUT2D eigenvalue weighted by Crippen LogP contribution is 2.29. The van der Waals surface area contributed by atoms with Gasteiger partial charge >= 0.3 is 0 Å². The molecule has 2 fully saturated rings. The van der Waals surface area contributed by atoms with Crippen LogP contribution in [0.3, 0.4) is 0 Å². The quantitative estimate of drug-likeness (QED) is 0.723. The summed E-state index contributed by atoms with van der Waals surface area (Å²) in [5.41, 5.74) is 6.05. The number of aliphatic hydroxyl groups excluding tert-OH is 1. The molecule has 1 heterocycles. The standard InChI is InChI=1S/C15H29NO5S2/c16-13(11-12-5-2-1-3-6-12)14(17)7-8-15-22(18,19)9-4-10-23(15,20)21/h12-15,17H,1-11,16H2/t13-,14-/m0/s1. The van der Waals surface area contributed by atoms with Crippen LogP contribution in [0.4, 0.5) is 0 Å². The van der Waals surface area contributed by atoms with Crippen molar-refractivity contribution in [1.29, 1.82) is 0 Å². The monoisotopic (exact) mass is 367 g/mol. The maximum atomic E-state index is 12.0. The van der Waals surface area contributed by atoms with Gasteiger partial charge in [-0.25, -0.2) is 16.8 Å². The van der Waals surface area contributed by atoms with Crippen molar-refractivity contribution in [2.45, 2.75) is 74.5 Å². The third kappa shape index (κ3) is 5.14. The van der Waals surface area contributed by atoms with Gasteiger partial charge in [0.05, 0.1) is 17.6 Å². The molecule has 0 aromatic heterocycles. The largest absolute Gasteiger partial charge is 0.392 e. The number of hydrogen-bond acceptors (Lipinski definition) is 6. The minimum atomic E-state index is -3.62. The average Bonchev–Trinajstić information content (AvgIpc) is 2.46. The van der Waals surface area contributed by atoms with Crippen LogP contribution in [0.1, 0.15) is 57.8 Å². The smallest absolute Gasteiger partial charge is 0.167 e. The first kappa shape index (κ1) is 19.1. The van der Waals surface area contributed by atoms with Crippen molar-refractivity contribution in [2.24, 2.45) is 11.7 Å². The fourth-order valence-electron chi connectivity index (χ4n) is 3.79. The molecule has 2 atom stereocenters. The topological polar surface area (TPSA) is 115 Å². The van der Waals surface area contributed by atoms with Crippen LogP contribution in [-0.4, -0.2) is 50.2 Å². The Kier molecular flexibility index (Phi) is 6.49. The van der Waals surface area contributed by atoms with Crippen molar-refractivity contribution in [3.63, 3.8) is 0 Å². The molecular formula is C15H29NO5S2. The molecule has 3 N–H and O–H groups in total. The Hall–Kier alpha value is -0.180. The molecule has 0 radical (unpaired) electrons. The van der Waals surface area contributed by atoms with Crippen molar-refractivity contribution in [3.8, 4) is 0 Å². The van der Waals surface area contributed by atoms with Crippen LogP contribution in [0.5, 0.6) is 0 Å². The third-order valence-electron chi connectivity index (χ3n) is 5.18. The van der Waals surface area contributed by atoms with Crippen LogP contribution in [0.15, 0.2) is 0 Å². The van der Waals surface area contributed by atoms with Crippen molar-refractivity contribution in [3.05, 3.63) is 0 Å². The van der Waals surface area contributed by atoms with Gasteiger partial charge in [-0.15, -0.1) is 0 Å². The second kappa shape index (κ2) is 7.80. The SMILES string of the molecule is N[C@@H](CC1CCCCC1)[C@@H](O)CCC1S(=O)(=O)CCCS1(=O)=O. The Balaban J connectivity index is 1.88. The predicted octanol–water partition coefficient (Wildman–Crippen LogP) is 0.985. The first-order chi connectivity index (χ1) is 10.7. The summed E-state index contributed by atoms with van der Waals surface area (Å²) in [7, 11) is -7.24. The van der Waals surface area contributed by atoms with Gasteiger partial charge in [0.15, 0.2) is 24.3 Å². The van der Waals surface area contributed by atoms with E-state index < -0.39 is 36.4 Å². The van der Waals surface area contributed by atoms with Crippen LogP contribution < -0.4 is 5.73 Å². The first-order valence-electron chi connectivity index (χ1n) is 8.59. The fraction of sp³-hybridized carbons (Fsp3) is 1.00. The van der Waals surface area contributed by atoms with Gasteiger partial charge in [-0.1, -0.05) is 32.1 Å². The zero-order chi connectivity index (χ0) is 17.1. The van der Waals surface area contributed by atoms with E-state index >= 15 is 0 Å². The normalized spacial score (nSPS) is 28.3. The Morgan fingerprint density at radius 2 is 1.52 bits per heavy atom. The van der Waals surface area contributed by atoms with Gasteiger partial charge in [-0.3, -0.25) is 0 Å². The lowest BCUT2D eigenvalue weighted by molar-refractivity contribution is 0.117. The lowest BCUT2D eigenvalue weighted by atomic mass is 9.83. The molecule has 2 rings (SSSR count). The zero-order valence-corrected chi connectivity index (χ0v) is 15.2. The van der Waals surface area contributed by atoms with E-state index in [1.54, 1.807) is 0 Å². The first-order valence-corrected chi connectivity index (χ1v) is 12.0. The van der Waals surface area contributed by atoms with Gasteiger partial charge in [0.1, 0.15) is 0 Å². The molecule has 2 aliphatic rings. The van der Waals surface area contributed by atoms with Gasteiger partial charge in [0, 0.05) is 6.04 Å². The summed E-state index contributed by atoms with van der Waals surface area (Å²) in [6.45, 7) is 0. The van der Waals surface area contributed by atoms with E-state index in [1.807, 2.05) is 0 Å². The summed E-state index contributed by atoms with van der Waals surface area (Å²) in [6.07, 6.45) is 6.04. The molecule has 1 aliphatic carbocycles. The summed E-state index contributed by atoms with van der Waals surface area (Å²) in [5.74, 6) is 0.359. The number of nitrogens with two attached hydrogens (primary N) is 1. The van der Waals surface area contributed by atoms with E-state index in [0.717, 1.165) is 19.3 Å². The number of hydrogen-bond donors (Lipinski definition) is 2. The molecule has 8 heteroatoms. The van der Waals surface area contributed by atoms with Crippen LogP contribution >= 0.6 is 0 Å². The van der Waals surface area contributed by atoms with Crippen LogP contribution in [-0.2, 0) is 19.7 Å². The summed E-state index contributed by atoms with van der Waals surface area (Å²) < 4.78 is 46.7. The van der Waals surface area contributed by atoms with E-state index in [1.165, 1.54) is 19.3 Å². The number of rotatable bonds is 6. The minimum absolute atomic E-state index is 0.0514. The van der Waals surface area contributed by atoms with Gasteiger partial charge in [0.2, 0.25) is 0 Å². The molecule has 0 bridgehead atoms. The number of sulfone groups is 2. The summed E-state index contributed by atoms with van der Waals surface area (Å²) in [5, 5.41) is 10.2. The average molecular weight is 368 g/mol. The number of aliphatic hydroxyl groups is 1. The molecule has 23 heavy (non-hydrogen) atoms. The highest BCUT2D eigenvalue weighted by atomic mass is 32.3.